The van der Waals surface area contributed by atoms with Crippen molar-refractivity contribution in [2.75, 3.05) is 13.1 Å². The minimum absolute atomic E-state index is 0.134. The van der Waals surface area contributed by atoms with E-state index in [1.54, 1.807) is 0 Å². The fourth-order valence-corrected chi connectivity index (χ4v) is 3.63. The summed E-state index contributed by atoms with van der Waals surface area (Å²) in [4.78, 5) is 2.66. The van der Waals surface area contributed by atoms with Gasteiger partial charge in [-0.1, -0.05) is 37.3 Å². The lowest BCUT2D eigenvalue weighted by atomic mass is 9.84. The highest BCUT2D eigenvalue weighted by Crippen LogP contribution is 2.31. The van der Waals surface area contributed by atoms with Crippen molar-refractivity contribution in [3.63, 3.8) is 0 Å². The van der Waals surface area contributed by atoms with Crippen LogP contribution in [0.5, 0.6) is 0 Å². The summed E-state index contributed by atoms with van der Waals surface area (Å²) < 4.78 is 0. The molecule has 1 aliphatic heterocycles. The van der Waals surface area contributed by atoms with E-state index in [9.17, 15) is 0 Å². The van der Waals surface area contributed by atoms with Gasteiger partial charge in [0.2, 0.25) is 0 Å². The highest BCUT2D eigenvalue weighted by Gasteiger charge is 2.36. The fraction of sp³-hybridized carbons (Fsp3) is 0.667. The second kappa shape index (κ2) is 6.73. The molecular formula is C18H30N2. The van der Waals surface area contributed by atoms with Gasteiger partial charge in [0.05, 0.1) is 0 Å². The van der Waals surface area contributed by atoms with Crippen molar-refractivity contribution in [2.24, 2.45) is 11.7 Å². The van der Waals surface area contributed by atoms with Crippen LogP contribution in [0.3, 0.4) is 0 Å². The lowest BCUT2D eigenvalue weighted by molar-refractivity contribution is 0.0206. The third-order valence-electron chi connectivity index (χ3n) is 5.07. The lowest BCUT2D eigenvalue weighted by Gasteiger charge is -2.48. The van der Waals surface area contributed by atoms with Crippen LogP contribution in [0.4, 0.5) is 0 Å². The number of nitrogens with zero attached hydrogens (tertiary/aromatic N) is 1. The van der Waals surface area contributed by atoms with Crippen LogP contribution in [0.15, 0.2) is 30.3 Å². The summed E-state index contributed by atoms with van der Waals surface area (Å²) in [5.41, 5.74) is 7.71. The highest BCUT2D eigenvalue weighted by atomic mass is 15.2. The van der Waals surface area contributed by atoms with Crippen LogP contribution < -0.4 is 5.73 Å². The molecule has 1 heterocycles. The second-order valence-electron chi connectivity index (χ2n) is 6.86. The average molecular weight is 274 g/mol. The Bertz CT molecular complexity index is 403. The zero-order chi connectivity index (χ0) is 14.6. The molecule has 20 heavy (non-hydrogen) atoms. The maximum absolute atomic E-state index is 6.16. The Hall–Kier alpha value is -0.860. The summed E-state index contributed by atoms with van der Waals surface area (Å²) in [6, 6.07) is 11.4. The van der Waals surface area contributed by atoms with Crippen molar-refractivity contribution in [2.45, 2.75) is 58.0 Å². The van der Waals surface area contributed by atoms with Gasteiger partial charge in [0, 0.05) is 18.1 Å². The first kappa shape index (κ1) is 15.5. The van der Waals surface area contributed by atoms with Crippen LogP contribution in [0, 0.1) is 5.92 Å². The van der Waals surface area contributed by atoms with E-state index in [1.807, 2.05) is 0 Å². The number of likely N-dealkylation sites (tertiary alicyclic amines) is 1. The quantitative estimate of drug-likeness (QED) is 0.891. The van der Waals surface area contributed by atoms with Gasteiger partial charge in [0.1, 0.15) is 0 Å². The van der Waals surface area contributed by atoms with Crippen molar-refractivity contribution in [3.8, 4) is 0 Å². The lowest BCUT2D eigenvalue weighted by Crippen LogP contribution is -2.57. The monoisotopic (exact) mass is 274 g/mol. The molecule has 2 rings (SSSR count). The van der Waals surface area contributed by atoms with E-state index >= 15 is 0 Å². The third-order valence-corrected chi connectivity index (χ3v) is 5.07. The van der Waals surface area contributed by atoms with Crippen LogP contribution in [0.1, 0.15) is 45.6 Å². The third kappa shape index (κ3) is 3.62. The molecular weight excluding hydrogens is 244 g/mol. The molecule has 2 N–H and O–H groups in total. The Kier molecular flexibility index (Phi) is 5.22. The number of hydrogen-bond acceptors (Lipinski definition) is 2. The predicted octanol–water partition coefficient (Wildman–Crippen LogP) is 3.46. The normalized spacial score (nSPS) is 27.2. The van der Waals surface area contributed by atoms with E-state index in [0.29, 0.717) is 6.04 Å². The van der Waals surface area contributed by atoms with E-state index in [4.69, 9.17) is 5.73 Å². The number of benzene rings is 1. The molecule has 0 saturated carbocycles. The number of aryl methyl sites for hydroxylation is 1. The van der Waals surface area contributed by atoms with Crippen LogP contribution >= 0.6 is 0 Å². The number of rotatable bonds is 5. The van der Waals surface area contributed by atoms with Gasteiger partial charge in [0.25, 0.3) is 0 Å². The zero-order valence-corrected chi connectivity index (χ0v) is 13.3. The topological polar surface area (TPSA) is 29.3 Å². The average Bonchev–Trinajstić information content (AvgIpc) is 2.46. The molecule has 3 unspecified atom stereocenters. The Morgan fingerprint density at radius 1 is 1.25 bits per heavy atom. The van der Waals surface area contributed by atoms with Gasteiger partial charge in [-0.3, -0.25) is 4.90 Å². The molecule has 1 saturated heterocycles. The molecule has 1 fully saturated rings. The molecule has 0 aliphatic carbocycles. The fourth-order valence-electron chi connectivity index (χ4n) is 3.63. The van der Waals surface area contributed by atoms with Crippen molar-refractivity contribution < 1.29 is 0 Å². The summed E-state index contributed by atoms with van der Waals surface area (Å²) in [5.74, 6) is 0.859. The van der Waals surface area contributed by atoms with Gasteiger partial charge in [-0.05, 0) is 57.6 Å². The Balaban J connectivity index is 2.01. The van der Waals surface area contributed by atoms with Gasteiger partial charge < -0.3 is 5.73 Å². The SMILES string of the molecule is CC1CCN(C(C)(CN)CCc2ccccc2)C(C)C1. The molecule has 0 aromatic heterocycles. The molecule has 0 spiro atoms. The van der Waals surface area contributed by atoms with Crippen molar-refractivity contribution >= 4 is 0 Å². The van der Waals surface area contributed by atoms with Gasteiger partial charge in [0.15, 0.2) is 0 Å². The zero-order valence-electron chi connectivity index (χ0n) is 13.3. The van der Waals surface area contributed by atoms with Gasteiger partial charge >= 0.3 is 0 Å². The van der Waals surface area contributed by atoms with E-state index < -0.39 is 0 Å². The summed E-state index contributed by atoms with van der Waals surface area (Å²) in [7, 11) is 0. The summed E-state index contributed by atoms with van der Waals surface area (Å²) in [6.45, 7) is 9.04. The van der Waals surface area contributed by atoms with Crippen LogP contribution in [-0.2, 0) is 6.42 Å². The first-order valence-corrected chi connectivity index (χ1v) is 8.06. The van der Waals surface area contributed by atoms with Crippen molar-refractivity contribution in [1.82, 2.24) is 4.90 Å². The Morgan fingerprint density at radius 2 is 1.95 bits per heavy atom. The van der Waals surface area contributed by atoms with E-state index in [0.717, 1.165) is 25.3 Å². The molecule has 0 radical (unpaired) electrons. The van der Waals surface area contributed by atoms with Crippen LogP contribution in [0.25, 0.3) is 0 Å². The standard InChI is InChI=1S/C18H30N2/c1-15-10-12-20(16(2)13-15)18(3,14-19)11-9-17-7-5-4-6-8-17/h4-8,15-16H,9-14,19H2,1-3H3. The van der Waals surface area contributed by atoms with Gasteiger partial charge in [-0.25, -0.2) is 0 Å². The van der Waals surface area contributed by atoms with Crippen molar-refractivity contribution in [3.05, 3.63) is 35.9 Å². The number of hydrogen-bond donors (Lipinski definition) is 1. The minimum atomic E-state index is 0.134. The molecule has 3 atom stereocenters. The minimum Gasteiger partial charge on any atom is -0.329 e. The number of nitrogens with two attached hydrogens (primary N) is 1. The smallest absolute Gasteiger partial charge is 0.0309 e. The molecule has 2 heteroatoms. The molecule has 2 nitrogen and oxygen atoms in total. The summed E-state index contributed by atoms with van der Waals surface area (Å²) in [6.07, 6.45) is 4.88. The maximum Gasteiger partial charge on any atom is 0.0309 e. The van der Waals surface area contributed by atoms with Crippen LogP contribution in [-0.4, -0.2) is 29.6 Å². The first-order valence-electron chi connectivity index (χ1n) is 8.06. The molecule has 0 amide bonds. The molecule has 1 aliphatic rings. The summed E-state index contributed by atoms with van der Waals surface area (Å²) >= 11 is 0. The largest absolute Gasteiger partial charge is 0.329 e. The highest BCUT2D eigenvalue weighted by molar-refractivity contribution is 5.15. The van der Waals surface area contributed by atoms with Crippen molar-refractivity contribution in [1.29, 1.82) is 0 Å². The first-order chi connectivity index (χ1) is 9.55. The second-order valence-corrected chi connectivity index (χ2v) is 6.86. The van der Waals surface area contributed by atoms with E-state index in [-0.39, 0.29) is 5.54 Å². The molecule has 112 valence electrons. The van der Waals surface area contributed by atoms with Crippen LogP contribution in [0.2, 0.25) is 0 Å². The van der Waals surface area contributed by atoms with E-state index in [1.165, 1.54) is 24.9 Å². The van der Waals surface area contributed by atoms with E-state index in [2.05, 4.69) is 56.0 Å². The van der Waals surface area contributed by atoms with Gasteiger partial charge in [-0.15, -0.1) is 0 Å². The predicted molar refractivity (Wildman–Crippen MR) is 86.8 cm³/mol. The number of piperidine rings is 1. The Labute approximate surface area is 124 Å². The molecule has 0 bridgehead atoms. The maximum atomic E-state index is 6.16. The molecule has 1 aromatic carbocycles. The van der Waals surface area contributed by atoms with Gasteiger partial charge in [-0.2, -0.15) is 0 Å². The Morgan fingerprint density at radius 3 is 2.55 bits per heavy atom. The molecule has 1 aromatic rings. The summed E-state index contributed by atoms with van der Waals surface area (Å²) in [5, 5.41) is 0.